The van der Waals surface area contributed by atoms with E-state index < -0.39 is 16.0 Å². The fourth-order valence-corrected chi connectivity index (χ4v) is 4.88. The van der Waals surface area contributed by atoms with Gasteiger partial charge in [-0.15, -0.1) is 11.3 Å². The quantitative estimate of drug-likeness (QED) is 0.832. The maximum absolute atomic E-state index is 12.4. The second kappa shape index (κ2) is 5.51. The van der Waals surface area contributed by atoms with Crippen molar-refractivity contribution in [1.82, 2.24) is 9.62 Å². The van der Waals surface area contributed by atoms with Crippen molar-refractivity contribution in [3.63, 3.8) is 0 Å². The van der Waals surface area contributed by atoms with Crippen LogP contribution >= 0.6 is 11.3 Å². The maximum atomic E-state index is 12.4. The van der Waals surface area contributed by atoms with Gasteiger partial charge < -0.3 is 10.4 Å². The van der Waals surface area contributed by atoms with Gasteiger partial charge in [0.15, 0.2) is 0 Å². The van der Waals surface area contributed by atoms with Gasteiger partial charge in [0.1, 0.15) is 9.09 Å². The molecule has 110 valence electrons. The maximum Gasteiger partial charge on any atom is 0.346 e. The Morgan fingerprint density at radius 2 is 2.15 bits per heavy atom. The zero-order valence-electron chi connectivity index (χ0n) is 10.7. The van der Waals surface area contributed by atoms with Crippen molar-refractivity contribution in [2.75, 3.05) is 19.6 Å². The molecule has 0 aromatic carbocycles. The van der Waals surface area contributed by atoms with Crippen LogP contribution in [0.4, 0.5) is 0 Å². The molecule has 0 bridgehead atoms. The highest BCUT2D eigenvalue weighted by atomic mass is 32.2. The summed E-state index contributed by atoms with van der Waals surface area (Å²) in [6, 6.07) is 1.36. The third kappa shape index (κ3) is 2.84. The molecule has 1 aliphatic rings. The monoisotopic (exact) mass is 318 g/mol. The van der Waals surface area contributed by atoms with Gasteiger partial charge >= 0.3 is 5.97 Å². The van der Waals surface area contributed by atoms with Crippen LogP contribution in [0.1, 0.15) is 21.7 Å². The number of carbonyl (C=O) groups excluding carboxylic acids is 1. The van der Waals surface area contributed by atoms with E-state index in [1.807, 2.05) is 0 Å². The lowest BCUT2D eigenvalue weighted by atomic mass is 10.3. The molecule has 1 amide bonds. The van der Waals surface area contributed by atoms with Crippen molar-refractivity contribution >= 4 is 33.2 Å². The molecule has 0 saturated carbocycles. The summed E-state index contributed by atoms with van der Waals surface area (Å²) in [6.07, 6.45) is 0.107. The number of sulfonamides is 1. The molecule has 0 unspecified atom stereocenters. The number of nitrogens with one attached hydrogen (secondary N) is 1. The van der Waals surface area contributed by atoms with E-state index in [9.17, 15) is 18.0 Å². The van der Waals surface area contributed by atoms with Gasteiger partial charge in [-0.3, -0.25) is 4.79 Å². The van der Waals surface area contributed by atoms with E-state index >= 15 is 0 Å². The fraction of sp³-hybridized carbons (Fsp3) is 0.455. The number of thiophene rings is 1. The second-order valence-corrected chi connectivity index (χ2v) is 7.60. The Labute approximate surface area is 120 Å². The summed E-state index contributed by atoms with van der Waals surface area (Å²) in [5.74, 6) is -1.32. The van der Waals surface area contributed by atoms with Crippen molar-refractivity contribution < 1.29 is 23.1 Å². The number of hydrogen-bond donors (Lipinski definition) is 2. The van der Waals surface area contributed by atoms with Gasteiger partial charge in [0.05, 0.1) is 0 Å². The summed E-state index contributed by atoms with van der Waals surface area (Å²) < 4.78 is 26.1. The summed E-state index contributed by atoms with van der Waals surface area (Å²) in [5, 5.41) is 11.6. The van der Waals surface area contributed by atoms with E-state index in [1.165, 1.54) is 10.4 Å². The van der Waals surface area contributed by atoms with Crippen LogP contribution in [0.3, 0.4) is 0 Å². The second-order valence-electron chi connectivity index (χ2n) is 4.39. The molecule has 20 heavy (non-hydrogen) atoms. The molecule has 1 aliphatic heterocycles. The molecular weight excluding hydrogens is 304 g/mol. The Morgan fingerprint density at radius 1 is 1.45 bits per heavy atom. The first-order valence-corrected chi connectivity index (χ1v) is 8.18. The summed E-state index contributed by atoms with van der Waals surface area (Å²) in [5.41, 5.74) is 0.421. The van der Waals surface area contributed by atoms with Crippen LogP contribution in [0.15, 0.2) is 10.3 Å². The number of amides is 1. The highest BCUT2D eigenvalue weighted by Crippen LogP contribution is 2.28. The minimum absolute atomic E-state index is 0.00162. The third-order valence-electron chi connectivity index (χ3n) is 2.96. The fourth-order valence-electron chi connectivity index (χ4n) is 1.91. The van der Waals surface area contributed by atoms with E-state index in [-0.39, 0.29) is 41.0 Å². The van der Waals surface area contributed by atoms with Crippen molar-refractivity contribution in [3.8, 4) is 0 Å². The molecule has 1 fully saturated rings. The van der Waals surface area contributed by atoms with Crippen molar-refractivity contribution in [1.29, 1.82) is 0 Å². The molecule has 1 saturated heterocycles. The van der Waals surface area contributed by atoms with Crippen LogP contribution in [-0.2, 0) is 14.8 Å². The molecular formula is C11H14N2O5S2. The van der Waals surface area contributed by atoms with Crippen LogP contribution in [-0.4, -0.2) is 49.3 Å². The first-order valence-electron chi connectivity index (χ1n) is 5.93. The van der Waals surface area contributed by atoms with Gasteiger partial charge in [-0.05, 0) is 18.6 Å². The van der Waals surface area contributed by atoms with E-state index in [0.717, 1.165) is 11.3 Å². The SMILES string of the molecule is Cc1cc(S(=O)(=O)N2CCNC(=O)CC2)sc1C(=O)O. The lowest BCUT2D eigenvalue weighted by Gasteiger charge is -2.17. The molecule has 0 atom stereocenters. The molecule has 9 heteroatoms. The molecule has 2 N–H and O–H groups in total. The minimum Gasteiger partial charge on any atom is -0.477 e. The Bertz CT molecular complexity index is 650. The topological polar surface area (TPSA) is 104 Å². The molecule has 7 nitrogen and oxygen atoms in total. The number of aromatic carboxylic acids is 1. The summed E-state index contributed by atoms with van der Waals surface area (Å²) in [4.78, 5) is 22.2. The smallest absolute Gasteiger partial charge is 0.346 e. The van der Waals surface area contributed by atoms with E-state index in [2.05, 4.69) is 5.32 Å². The van der Waals surface area contributed by atoms with Gasteiger partial charge in [-0.25, -0.2) is 13.2 Å². The van der Waals surface area contributed by atoms with Crippen molar-refractivity contribution in [2.45, 2.75) is 17.6 Å². The van der Waals surface area contributed by atoms with Crippen LogP contribution in [0.5, 0.6) is 0 Å². The number of carbonyl (C=O) groups is 2. The number of hydrogen-bond acceptors (Lipinski definition) is 5. The van der Waals surface area contributed by atoms with Crippen molar-refractivity contribution in [3.05, 3.63) is 16.5 Å². The van der Waals surface area contributed by atoms with Gasteiger partial charge in [0, 0.05) is 26.1 Å². The first kappa shape index (κ1) is 14.9. The minimum atomic E-state index is -3.75. The Hall–Kier alpha value is -1.45. The van der Waals surface area contributed by atoms with Crippen molar-refractivity contribution in [2.24, 2.45) is 0 Å². The molecule has 2 heterocycles. The number of rotatable bonds is 3. The number of carboxylic acids is 1. The summed E-state index contributed by atoms with van der Waals surface area (Å²) in [7, 11) is -3.75. The Balaban J connectivity index is 2.32. The molecule has 0 spiro atoms. The number of aryl methyl sites for hydroxylation is 1. The zero-order chi connectivity index (χ0) is 14.9. The van der Waals surface area contributed by atoms with E-state index in [0.29, 0.717) is 5.56 Å². The van der Waals surface area contributed by atoms with Gasteiger partial charge in [0.2, 0.25) is 5.91 Å². The third-order valence-corrected chi connectivity index (χ3v) is 6.53. The predicted molar refractivity (Wildman–Crippen MR) is 72.4 cm³/mol. The number of carboxylic acid groups (broad SMARTS) is 1. The molecule has 0 radical (unpaired) electrons. The molecule has 1 aromatic rings. The lowest BCUT2D eigenvalue weighted by molar-refractivity contribution is -0.120. The molecule has 0 aliphatic carbocycles. The van der Waals surface area contributed by atoms with Crippen LogP contribution in [0, 0.1) is 6.92 Å². The molecule has 2 rings (SSSR count). The van der Waals surface area contributed by atoms with Crippen LogP contribution in [0.2, 0.25) is 0 Å². The highest BCUT2D eigenvalue weighted by molar-refractivity contribution is 7.91. The lowest BCUT2D eigenvalue weighted by Crippen LogP contribution is -2.33. The predicted octanol–water partition coefficient (Wildman–Crippen LogP) is 0.265. The Morgan fingerprint density at radius 3 is 2.75 bits per heavy atom. The first-order chi connectivity index (χ1) is 9.32. The largest absolute Gasteiger partial charge is 0.477 e. The van der Waals surface area contributed by atoms with E-state index in [1.54, 1.807) is 6.92 Å². The summed E-state index contributed by atoms with van der Waals surface area (Å²) >= 11 is 0.741. The van der Waals surface area contributed by atoms with Gasteiger partial charge in [0.25, 0.3) is 10.0 Å². The van der Waals surface area contributed by atoms with Crippen LogP contribution in [0.25, 0.3) is 0 Å². The zero-order valence-corrected chi connectivity index (χ0v) is 12.4. The van der Waals surface area contributed by atoms with Gasteiger partial charge in [-0.1, -0.05) is 0 Å². The number of nitrogens with zero attached hydrogens (tertiary/aromatic N) is 1. The normalized spacial score (nSPS) is 17.6. The van der Waals surface area contributed by atoms with Gasteiger partial charge in [-0.2, -0.15) is 4.31 Å². The van der Waals surface area contributed by atoms with E-state index in [4.69, 9.17) is 5.11 Å². The highest BCUT2D eigenvalue weighted by Gasteiger charge is 2.29. The summed E-state index contributed by atoms with van der Waals surface area (Å²) in [6.45, 7) is 2.11. The van der Waals surface area contributed by atoms with Crippen LogP contribution < -0.4 is 5.32 Å². The average molecular weight is 318 g/mol. The Kier molecular flexibility index (Phi) is 4.11. The standard InChI is InChI=1S/C11H14N2O5S2/c1-7-6-9(19-10(7)11(15)16)20(17,18)13-4-2-8(14)12-3-5-13/h6H,2-5H2,1H3,(H,12,14)(H,15,16). The molecule has 1 aromatic heterocycles. The average Bonchev–Trinajstić information content (AvgIpc) is 2.62.